The molecule has 1 aliphatic heterocycles. The third kappa shape index (κ3) is 2.53. The quantitative estimate of drug-likeness (QED) is 0.940. The molecule has 3 nitrogen and oxygen atoms in total. The molecule has 0 spiro atoms. The van der Waals surface area contributed by atoms with Crippen LogP contribution in [0.2, 0.25) is 0 Å². The first-order chi connectivity index (χ1) is 9.77. The summed E-state index contributed by atoms with van der Waals surface area (Å²) in [7, 11) is 0. The average Bonchev–Trinajstić information content (AvgIpc) is 2.87. The SMILES string of the molecule is CC(N)C(c1ccsc1)N1CCCOc2ccccc21. The second-order valence-corrected chi connectivity index (χ2v) is 6.00. The zero-order valence-corrected chi connectivity index (χ0v) is 12.5. The molecule has 2 atom stereocenters. The highest BCUT2D eigenvalue weighted by Crippen LogP contribution is 2.37. The maximum absolute atomic E-state index is 6.29. The van der Waals surface area contributed by atoms with Gasteiger partial charge in [0.25, 0.3) is 0 Å². The molecule has 1 aliphatic rings. The molecule has 0 amide bonds. The van der Waals surface area contributed by atoms with Gasteiger partial charge in [-0.05, 0) is 47.9 Å². The Bertz CT molecular complexity index is 553. The van der Waals surface area contributed by atoms with Gasteiger partial charge in [0.15, 0.2) is 0 Å². The molecule has 0 fully saturated rings. The number of rotatable bonds is 3. The van der Waals surface area contributed by atoms with Crippen LogP contribution in [-0.4, -0.2) is 19.2 Å². The first-order valence-electron chi connectivity index (χ1n) is 7.03. The summed E-state index contributed by atoms with van der Waals surface area (Å²) in [6.45, 7) is 3.82. The van der Waals surface area contributed by atoms with E-state index in [2.05, 4.69) is 40.8 Å². The molecule has 20 heavy (non-hydrogen) atoms. The number of nitrogens with zero attached hydrogens (tertiary/aromatic N) is 1. The lowest BCUT2D eigenvalue weighted by molar-refractivity contribution is 0.322. The van der Waals surface area contributed by atoms with E-state index in [1.54, 1.807) is 11.3 Å². The third-order valence-corrected chi connectivity index (χ3v) is 4.40. The van der Waals surface area contributed by atoms with Crippen molar-refractivity contribution in [1.82, 2.24) is 0 Å². The minimum atomic E-state index is 0.0655. The van der Waals surface area contributed by atoms with Crippen molar-refractivity contribution in [3.63, 3.8) is 0 Å². The van der Waals surface area contributed by atoms with Gasteiger partial charge < -0.3 is 15.4 Å². The minimum absolute atomic E-state index is 0.0655. The van der Waals surface area contributed by atoms with Crippen LogP contribution in [0, 0.1) is 0 Å². The van der Waals surface area contributed by atoms with Crippen LogP contribution in [0.4, 0.5) is 5.69 Å². The Kier molecular flexibility index (Phi) is 3.94. The molecule has 3 rings (SSSR count). The van der Waals surface area contributed by atoms with Gasteiger partial charge in [0.1, 0.15) is 5.75 Å². The highest BCUT2D eigenvalue weighted by Gasteiger charge is 2.27. The van der Waals surface area contributed by atoms with Crippen molar-refractivity contribution in [3.8, 4) is 5.75 Å². The molecule has 1 aromatic carbocycles. The molecule has 2 N–H and O–H groups in total. The van der Waals surface area contributed by atoms with E-state index >= 15 is 0 Å². The average molecular weight is 288 g/mol. The van der Waals surface area contributed by atoms with Crippen molar-refractivity contribution in [2.45, 2.75) is 25.4 Å². The normalized spacial score (nSPS) is 17.8. The predicted molar refractivity (Wildman–Crippen MR) is 84.6 cm³/mol. The Morgan fingerprint density at radius 3 is 2.90 bits per heavy atom. The van der Waals surface area contributed by atoms with Crippen molar-refractivity contribution < 1.29 is 4.74 Å². The summed E-state index contributed by atoms with van der Waals surface area (Å²) in [6.07, 6.45) is 1.02. The fourth-order valence-corrected chi connectivity index (χ4v) is 3.54. The van der Waals surface area contributed by atoms with E-state index in [1.807, 2.05) is 12.1 Å². The molecule has 0 saturated carbocycles. The van der Waals surface area contributed by atoms with E-state index < -0.39 is 0 Å². The largest absolute Gasteiger partial charge is 0.491 e. The smallest absolute Gasteiger partial charge is 0.142 e. The lowest BCUT2D eigenvalue weighted by Crippen LogP contribution is -2.39. The Labute approximate surface area is 124 Å². The monoisotopic (exact) mass is 288 g/mol. The third-order valence-electron chi connectivity index (χ3n) is 3.69. The topological polar surface area (TPSA) is 38.5 Å². The second kappa shape index (κ2) is 5.85. The van der Waals surface area contributed by atoms with Gasteiger partial charge in [0, 0.05) is 12.6 Å². The van der Waals surface area contributed by atoms with Crippen LogP contribution in [-0.2, 0) is 0 Å². The summed E-state index contributed by atoms with van der Waals surface area (Å²) in [5, 5.41) is 4.31. The predicted octanol–water partition coefficient (Wildman–Crippen LogP) is 3.43. The summed E-state index contributed by atoms with van der Waals surface area (Å²) in [5.41, 5.74) is 8.73. The van der Waals surface area contributed by atoms with Gasteiger partial charge in [0.2, 0.25) is 0 Å². The zero-order chi connectivity index (χ0) is 13.9. The van der Waals surface area contributed by atoms with Gasteiger partial charge in [-0.2, -0.15) is 11.3 Å². The molecular formula is C16H20N2OS. The lowest BCUT2D eigenvalue weighted by atomic mass is 10.0. The number of ether oxygens (including phenoxy) is 1. The van der Waals surface area contributed by atoms with Gasteiger partial charge in [-0.3, -0.25) is 0 Å². The molecule has 106 valence electrons. The fraction of sp³-hybridized carbons (Fsp3) is 0.375. The highest BCUT2D eigenvalue weighted by atomic mass is 32.1. The van der Waals surface area contributed by atoms with Gasteiger partial charge in [-0.15, -0.1) is 0 Å². The van der Waals surface area contributed by atoms with Crippen molar-refractivity contribution in [1.29, 1.82) is 0 Å². The molecule has 0 saturated heterocycles. The number of hydrogen-bond donors (Lipinski definition) is 1. The summed E-state index contributed by atoms with van der Waals surface area (Å²) in [6, 6.07) is 10.7. The molecule has 2 heterocycles. The maximum atomic E-state index is 6.29. The molecule has 2 aromatic rings. The Morgan fingerprint density at radius 2 is 2.15 bits per heavy atom. The Balaban J connectivity index is 2.02. The van der Waals surface area contributed by atoms with Crippen molar-refractivity contribution >= 4 is 17.0 Å². The highest BCUT2D eigenvalue weighted by molar-refractivity contribution is 7.08. The van der Waals surface area contributed by atoms with Crippen LogP contribution in [0.15, 0.2) is 41.1 Å². The van der Waals surface area contributed by atoms with E-state index in [-0.39, 0.29) is 12.1 Å². The second-order valence-electron chi connectivity index (χ2n) is 5.22. The summed E-state index contributed by atoms with van der Waals surface area (Å²) >= 11 is 1.72. The molecule has 0 radical (unpaired) electrons. The van der Waals surface area contributed by atoms with Crippen LogP contribution in [0.5, 0.6) is 5.75 Å². The van der Waals surface area contributed by atoms with E-state index in [9.17, 15) is 0 Å². The molecule has 1 aromatic heterocycles. The molecular weight excluding hydrogens is 268 g/mol. The van der Waals surface area contributed by atoms with Crippen LogP contribution in [0.25, 0.3) is 0 Å². The van der Waals surface area contributed by atoms with Crippen LogP contribution >= 0.6 is 11.3 Å². The van der Waals surface area contributed by atoms with Gasteiger partial charge in [-0.25, -0.2) is 0 Å². The van der Waals surface area contributed by atoms with Gasteiger partial charge in [0.05, 0.1) is 18.3 Å². The Hall–Kier alpha value is -1.52. The number of hydrogen-bond acceptors (Lipinski definition) is 4. The number of fused-ring (bicyclic) bond motifs is 1. The number of para-hydroxylation sites is 2. The van der Waals surface area contributed by atoms with E-state index in [0.29, 0.717) is 0 Å². The van der Waals surface area contributed by atoms with Crippen LogP contribution in [0.3, 0.4) is 0 Å². The van der Waals surface area contributed by atoms with E-state index in [0.717, 1.165) is 31.0 Å². The summed E-state index contributed by atoms with van der Waals surface area (Å²) in [5.74, 6) is 0.964. The molecule has 0 bridgehead atoms. The lowest BCUT2D eigenvalue weighted by Gasteiger charge is -2.35. The summed E-state index contributed by atoms with van der Waals surface area (Å²) in [4.78, 5) is 2.40. The van der Waals surface area contributed by atoms with Gasteiger partial charge in [-0.1, -0.05) is 12.1 Å². The minimum Gasteiger partial charge on any atom is -0.491 e. The maximum Gasteiger partial charge on any atom is 0.142 e. The molecule has 2 unspecified atom stereocenters. The fourth-order valence-electron chi connectivity index (χ4n) is 2.85. The zero-order valence-electron chi connectivity index (χ0n) is 11.7. The Morgan fingerprint density at radius 1 is 1.30 bits per heavy atom. The van der Waals surface area contributed by atoms with Crippen molar-refractivity contribution in [2.75, 3.05) is 18.1 Å². The van der Waals surface area contributed by atoms with E-state index in [1.165, 1.54) is 5.56 Å². The first kappa shape index (κ1) is 13.5. The standard InChI is InChI=1S/C16H20N2OS/c1-12(17)16(13-7-10-20-11-13)18-8-4-9-19-15-6-3-2-5-14(15)18/h2-3,5-7,10-12,16H,4,8-9,17H2,1H3. The van der Waals surface area contributed by atoms with Crippen LogP contribution < -0.4 is 15.4 Å². The van der Waals surface area contributed by atoms with E-state index in [4.69, 9.17) is 10.5 Å². The number of benzene rings is 1. The van der Waals surface area contributed by atoms with Crippen molar-refractivity contribution in [3.05, 3.63) is 46.7 Å². The van der Waals surface area contributed by atoms with Gasteiger partial charge >= 0.3 is 0 Å². The number of thiophene rings is 1. The summed E-state index contributed by atoms with van der Waals surface area (Å²) < 4.78 is 5.85. The molecule has 4 heteroatoms. The van der Waals surface area contributed by atoms with Crippen LogP contribution in [0.1, 0.15) is 24.9 Å². The number of anilines is 1. The first-order valence-corrected chi connectivity index (χ1v) is 7.98. The molecule has 0 aliphatic carbocycles. The number of nitrogens with two attached hydrogens (primary N) is 1. The van der Waals surface area contributed by atoms with Crippen molar-refractivity contribution in [2.24, 2.45) is 5.73 Å².